The molecule has 2 N–H and O–H groups in total. The molecule has 0 aliphatic carbocycles. The van der Waals surface area contributed by atoms with Crippen LogP contribution in [0.5, 0.6) is 0 Å². The third kappa shape index (κ3) is 1.95. The van der Waals surface area contributed by atoms with Gasteiger partial charge in [0.1, 0.15) is 0 Å². The molecule has 0 aliphatic rings. The van der Waals surface area contributed by atoms with E-state index in [1.165, 1.54) is 0 Å². The average Bonchev–Trinajstić information content (AvgIpc) is 2.03. The zero-order valence-corrected chi connectivity index (χ0v) is 5.57. The Hall–Kier alpha value is -1.22. The van der Waals surface area contributed by atoms with Crippen LogP contribution >= 0.6 is 0 Å². The van der Waals surface area contributed by atoms with Crippen molar-refractivity contribution in [3.8, 4) is 0 Å². The summed E-state index contributed by atoms with van der Waals surface area (Å²) in [7, 11) is 0. The molecule has 0 spiro atoms. The second kappa shape index (κ2) is 3.74. The van der Waals surface area contributed by atoms with Crippen molar-refractivity contribution in [1.29, 1.82) is 0 Å². The van der Waals surface area contributed by atoms with E-state index in [-0.39, 0.29) is 0 Å². The van der Waals surface area contributed by atoms with E-state index in [2.05, 4.69) is 9.98 Å². The Balaban J connectivity index is 2.67. The number of aromatic nitrogens is 1. The number of nitrogens with two attached hydrogens (primary N) is 1. The van der Waals surface area contributed by atoms with Crippen molar-refractivity contribution in [3.63, 3.8) is 0 Å². The van der Waals surface area contributed by atoms with E-state index in [0.717, 1.165) is 5.69 Å². The third-order valence-corrected chi connectivity index (χ3v) is 1.02. The van der Waals surface area contributed by atoms with Gasteiger partial charge in [-0.25, -0.2) is 0 Å². The van der Waals surface area contributed by atoms with Crippen molar-refractivity contribution in [2.24, 2.45) is 10.7 Å². The molecule has 3 heteroatoms. The molecule has 0 radical (unpaired) electrons. The molecular weight excluding hydrogens is 126 g/mol. The molecule has 0 atom stereocenters. The van der Waals surface area contributed by atoms with Gasteiger partial charge in [0, 0.05) is 12.4 Å². The van der Waals surface area contributed by atoms with Crippen LogP contribution in [0.15, 0.2) is 29.4 Å². The van der Waals surface area contributed by atoms with E-state index in [4.69, 9.17) is 5.73 Å². The zero-order chi connectivity index (χ0) is 7.23. The molecule has 1 aromatic rings. The highest BCUT2D eigenvalue weighted by molar-refractivity contribution is 5.76. The van der Waals surface area contributed by atoms with E-state index in [0.29, 0.717) is 6.67 Å². The van der Waals surface area contributed by atoms with Gasteiger partial charge in [-0.15, -0.1) is 0 Å². The van der Waals surface area contributed by atoms with Gasteiger partial charge < -0.3 is 5.73 Å². The van der Waals surface area contributed by atoms with Gasteiger partial charge in [-0.05, 0) is 12.1 Å². The zero-order valence-electron chi connectivity index (χ0n) is 5.57. The molecule has 0 bridgehead atoms. The SMILES string of the molecule is NCN=Cc1ccccn1. The first-order valence-electron chi connectivity index (χ1n) is 3.04. The predicted octanol–water partition coefficient (Wildman–Crippen LogP) is 0.417. The molecular formula is C7H9N3. The fourth-order valence-electron chi connectivity index (χ4n) is 0.599. The molecule has 10 heavy (non-hydrogen) atoms. The van der Waals surface area contributed by atoms with Gasteiger partial charge in [0.2, 0.25) is 0 Å². The number of nitrogens with zero attached hydrogens (tertiary/aromatic N) is 2. The predicted molar refractivity (Wildman–Crippen MR) is 40.9 cm³/mol. The lowest BCUT2D eigenvalue weighted by Crippen LogP contribution is -1.95. The molecule has 3 nitrogen and oxygen atoms in total. The average molecular weight is 135 g/mol. The molecule has 0 fully saturated rings. The number of hydrogen-bond donors (Lipinski definition) is 1. The smallest absolute Gasteiger partial charge is 0.0860 e. The second-order valence-corrected chi connectivity index (χ2v) is 1.75. The van der Waals surface area contributed by atoms with Crippen LogP contribution < -0.4 is 5.73 Å². The van der Waals surface area contributed by atoms with Gasteiger partial charge in [-0.1, -0.05) is 6.07 Å². The fourth-order valence-corrected chi connectivity index (χ4v) is 0.599. The summed E-state index contributed by atoms with van der Waals surface area (Å²) in [6.45, 7) is 0.316. The number of hydrogen-bond acceptors (Lipinski definition) is 3. The van der Waals surface area contributed by atoms with Crippen LogP contribution in [-0.4, -0.2) is 17.9 Å². The highest BCUT2D eigenvalue weighted by atomic mass is 14.9. The van der Waals surface area contributed by atoms with Gasteiger partial charge >= 0.3 is 0 Å². The number of rotatable bonds is 2. The van der Waals surface area contributed by atoms with E-state index in [9.17, 15) is 0 Å². The summed E-state index contributed by atoms with van der Waals surface area (Å²) in [5.41, 5.74) is 5.99. The van der Waals surface area contributed by atoms with E-state index in [1.807, 2.05) is 18.2 Å². The minimum Gasteiger partial charge on any atom is -0.312 e. The van der Waals surface area contributed by atoms with Crippen LogP contribution in [0.25, 0.3) is 0 Å². The summed E-state index contributed by atoms with van der Waals surface area (Å²) >= 11 is 0. The summed E-state index contributed by atoms with van der Waals surface area (Å²) in [5, 5.41) is 0. The molecule has 0 aromatic carbocycles. The second-order valence-electron chi connectivity index (χ2n) is 1.75. The van der Waals surface area contributed by atoms with Gasteiger partial charge in [-0.3, -0.25) is 9.98 Å². The summed E-state index contributed by atoms with van der Waals surface area (Å²) in [5.74, 6) is 0. The Morgan fingerprint density at radius 2 is 2.50 bits per heavy atom. The highest BCUT2D eigenvalue weighted by Gasteiger charge is 1.81. The lowest BCUT2D eigenvalue weighted by Gasteiger charge is -1.87. The Kier molecular flexibility index (Phi) is 2.58. The maximum Gasteiger partial charge on any atom is 0.0860 e. The van der Waals surface area contributed by atoms with E-state index < -0.39 is 0 Å². The third-order valence-electron chi connectivity index (χ3n) is 1.02. The number of pyridine rings is 1. The minimum absolute atomic E-state index is 0.316. The largest absolute Gasteiger partial charge is 0.312 e. The topological polar surface area (TPSA) is 51.3 Å². The molecule has 1 aromatic heterocycles. The first kappa shape index (κ1) is 6.89. The monoisotopic (exact) mass is 135 g/mol. The van der Waals surface area contributed by atoms with Crippen molar-refractivity contribution in [3.05, 3.63) is 30.1 Å². The summed E-state index contributed by atoms with van der Waals surface area (Å²) in [4.78, 5) is 7.84. The van der Waals surface area contributed by atoms with Gasteiger partial charge in [0.15, 0.2) is 0 Å². The summed E-state index contributed by atoms with van der Waals surface area (Å²) < 4.78 is 0. The maximum atomic E-state index is 5.15. The first-order valence-corrected chi connectivity index (χ1v) is 3.04. The van der Waals surface area contributed by atoms with Crippen LogP contribution in [0.2, 0.25) is 0 Å². The summed E-state index contributed by atoms with van der Waals surface area (Å²) in [6.07, 6.45) is 3.37. The van der Waals surface area contributed by atoms with Gasteiger partial charge in [-0.2, -0.15) is 0 Å². The van der Waals surface area contributed by atoms with Crippen molar-refractivity contribution >= 4 is 6.21 Å². The van der Waals surface area contributed by atoms with Crippen LogP contribution in [-0.2, 0) is 0 Å². The molecule has 1 heterocycles. The standard InChI is InChI=1S/C7H9N3/c8-6-9-5-7-3-1-2-4-10-7/h1-5H,6,8H2. The highest BCUT2D eigenvalue weighted by Crippen LogP contribution is 1.87. The normalized spacial score (nSPS) is 10.5. The van der Waals surface area contributed by atoms with E-state index >= 15 is 0 Å². The Bertz CT molecular complexity index is 205. The lowest BCUT2D eigenvalue weighted by atomic mass is 10.4. The van der Waals surface area contributed by atoms with E-state index in [1.54, 1.807) is 12.4 Å². The maximum absolute atomic E-state index is 5.15. The first-order chi connectivity index (χ1) is 4.93. The molecule has 0 saturated heterocycles. The van der Waals surface area contributed by atoms with Gasteiger partial charge in [0.05, 0.1) is 12.4 Å². The number of aliphatic imine (C=N–C) groups is 1. The van der Waals surface area contributed by atoms with Crippen LogP contribution in [0.4, 0.5) is 0 Å². The van der Waals surface area contributed by atoms with Crippen molar-refractivity contribution in [1.82, 2.24) is 4.98 Å². The van der Waals surface area contributed by atoms with Crippen molar-refractivity contribution in [2.45, 2.75) is 0 Å². The Labute approximate surface area is 59.6 Å². The molecule has 0 saturated carbocycles. The molecule has 52 valence electrons. The molecule has 0 amide bonds. The molecule has 0 unspecified atom stereocenters. The van der Waals surface area contributed by atoms with Crippen LogP contribution in [0.3, 0.4) is 0 Å². The quantitative estimate of drug-likeness (QED) is 0.597. The lowest BCUT2D eigenvalue weighted by molar-refractivity contribution is 1.07. The molecule has 1 rings (SSSR count). The Morgan fingerprint density at radius 3 is 3.10 bits per heavy atom. The van der Waals surface area contributed by atoms with Crippen molar-refractivity contribution < 1.29 is 0 Å². The summed E-state index contributed by atoms with van der Waals surface area (Å²) in [6, 6.07) is 5.64. The minimum atomic E-state index is 0.316. The van der Waals surface area contributed by atoms with Gasteiger partial charge in [0.25, 0.3) is 0 Å². The van der Waals surface area contributed by atoms with Crippen LogP contribution in [0, 0.1) is 0 Å². The fraction of sp³-hybridized carbons (Fsp3) is 0.143. The van der Waals surface area contributed by atoms with Crippen LogP contribution in [0.1, 0.15) is 5.69 Å². The molecule has 0 aliphatic heterocycles. The van der Waals surface area contributed by atoms with Crippen molar-refractivity contribution in [2.75, 3.05) is 6.67 Å². The Morgan fingerprint density at radius 1 is 1.60 bits per heavy atom.